The van der Waals surface area contributed by atoms with Gasteiger partial charge in [0.2, 0.25) is 5.88 Å². The fraction of sp³-hybridized carbons (Fsp3) is 0.550. The second kappa shape index (κ2) is 7.48. The molecule has 0 N–H and O–H groups in total. The molecule has 0 radical (unpaired) electrons. The molecular weight excluding hydrogens is 312 g/mol. The van der Waals surface area contributed by atoms with Gasteiger partial charge in [-0.15, -0.1) is 0 Å². The van der Waals surface area contributed by atoms with E-state index in [1.54, 1.807) is 0 Å². The van der Waals surface area contributed by atoms with Crippen molar-refractivity contribution in [2.45, 2.75) is 52.1 Å². The molecule has 1 aliphatic carbocycles. The van der Waals surface area contributed by atoms with Crippen molar-refractivity contribution in [2.75, 3.05) is 13.2 Å². The number of hydrogen-bond acceptors (Lipinski definition) is 5. The smallest absolute Gasteiger partial charge is 0.217 e. The highest BCUT2D eigenvalue weighted by Gasteiger charge is 2.23. The van der Waals surface area contributed by atoms with Crippen molar-refractivity contribution in [3.8, 4) is 5.88 Å². The summed E-state index contributed by atoms with van der Waals surface area (Å²) in [6.07, 6.45) is 9.49. The van der Waals surface area contributed by atoms with Gasteiger partial charge in [0, 0.05) is 61.7 Å². The van der Waals surface area contributed by atoms with E-state index in [2.05, 4.69) is 27.9 Å². The Morgan fingerprint density at radius 2 is 2.20 bits per heavy atom. The number of fused-ring (bicyclic) bond motifs is 1. The molecule has 1 aliphatic heterocycles. The third-order valence-electron chi connectivity index (χ3n) is 4.93. The lowest BCUT2D eigenvalue weighted by atomic mass is 10.1. The van der Waals surface area contributed by atoms with Crippen LogP contribution in [0, 0.1) is 5.92 Å². The number of ether oxygens (including phenoxy) is 1. The van der Waals surface area contributed by atoms with Gasteiger partial charge in [0.1, 0.15) is 5.82 Å². The number of hydrogen-bond donors (Lipinski definition) is 0. The Morgan fingerprint density at radius 3 is 3.04 bits per heavy atom. The summed E-state index contributed by atoms with van der Waals surface area (Å²) >= 11 is 0. The number of rotatable bonds is 7. The van der Waals surface area contributed by atoms with Crippen LogP contribution in [0.25, 0.3) is 0 Å². The maximum Gasteiger partial charge on any atom is 0.217 e. The van der Waals surface area contributed by atoms with E-state index >= 15 is 0 Å². The molecular formula is C20H26N4O. The molecule has 3 heterocycles. The lowest BCUT2D eigenvalue weighted by molar-refractivity contribution is 0.231. The van der Waals surface area contributed by atoms with Gasteiger partial charge in [-0.3, -0.25) is 4.90 Å². The highest BCUT2D eigenvalue weighted by molar-refractivity contribution is 5.27. The third kappa shape index (κ3) is 4.15. The van der Waals surface area contributed by atoms with Crippen molar-refractivity contribution in [1.82, 2.24) is 19.9 Å². The Hall–Kier alpha value is -2.01. The molecule has 0 amide bonds. The van der Waals surface area contributed by atoms with Gasteiger partial charge in [-0.2, -0.15) is 0 Å². The minimum Gasteiger partial charge on any atom is -0.477 e. The van der Waals surface area contributed by atoms with E-state index in [1.165, 1.54) is 29.7 Å². The SMILES string of the molecule is CCCc1ncc2c(n1)CCN(Cc1cccnc1OCC1CC1)C2. The molecule has 1 saturated carbocycles. The van der Waals surface area contributed by atoms with Crippen LogP contribution in [-0.2, 0) is 25.9 Å². The molecule has 0 bridgehead atoms. The zero-order valence-electron chi connectivity index (χ0n) is 14.9. The van der Waals surface area contributed by atoms with Gasteiger partial charge < -0.3 is 4.74 Å². The van der Waals surface area contributed by atoms with Crippen molar-refractivity contribution < 1.29 is 4.74 Å². The predicted molar refractivity (Wildman–Crippen MR) is 96.3 cm³/mol. The maximum absolute atomic E-state index is 5.95. The molecule has 0 spiro atoms. The van der Waals surface area contributed by atoms with E-state index < -0.39 is 0 Å². The number of nitrogens with zero attached hydrogens (tertiary/aromatic N) is 4. The fourth-order valence-corrected chi connectivity index (χ4v) is 3.29. The molecule has 0 atom stereocenters. The van der Waals surface area contributed by atoms with Crippen LogP contribution < -0.4 is 4.74 Å². The Balaban J connectivity index is 1.42. The summed E-state index contributed by atoms with van der Waals surface area (Å²) < 4.78 is 5.95. The average molecular weight is 338 g/mol. The van der Waals surface area contributed by atoms with Crippen molar-refractivity contribution in [1.29, 1.82) is 0 Å². The van der Waals surface area contributed by atoms with Crippen molar-refractivity contribution in [3.05, 3.63) is 47.2 Å². The summed E-state index contributed by atoms with van der Waals surface area (Å²) in [7, 11) is 0. The van der Waals surface area contributed by atoms with E-state index in [0.29, 0.717) is 0 Å². The minimum atomic E-state index is 0.742. The topological polar surface area (TPSA) is 51.1 Å². The fourth-order valence-electron chi connectivity index (χ4n) is 3.29. The molecule has 132 valence electrons. The van der Waals surface area contributed by atoms with Gasteiger partial charge in [-0.05, 0) is 31.2 Å². The first kappa shape index (κ1) is 16.5. The first-order chi connectivity index (χ1) is 12.3. The highest BCUT2D eigenvalue weighted by Crippen LogP contribution is 2.30. The Labute approximate surface area is 149 Å². The summed E-state index contributed by atoms with van der Waals surface area (Å²) in [6, 6.07) is 4.13. The quantitative estimate of drug-likeness (QED) is 0.776. The van der Waals surface area contributed by atoms with E-state index in [9.17, 15) is 0 Å². The molecule has 0 unspecified atom stereocenters. The molecule has 1 fully saturated rings. The summed E-state index contributed by atoms with van der Waals surface area (Å²) in [4.78, 5) is 16.1. The molecule has 4 rings (SSSR count). The number of aromatic nitrogens is 3. The van der Waals surface area contributed by atoms with E-state index in [-0.39, 0.29) is 0 Å². The summed E-state index contributed by atoms with van der Waals surface area (Å²) in [6.45, 7) is 5.76. The largest absolute Gasteiger partial charge is 0.477 e. The van der Waals surface area contributed by atoms with E-state index in [4.69, 9.17) is 9.72 Å². The van der Waals surface area contributed by atoms with Gasteiger partial charge >= 0.3 is 0 Å². The summed E-state index contributed by atoms with van der Waals surface area (Å²) in [5.41, 5.74) is 3.66. The standard InChI is InChI=1S/C20H26N4O/c1-2-4-19-22-11-17-13-24(10-8-18(17)23-19)12-16-5-3-9-21-20(16)25-14-15-6-7-15/h3,5,9,11,15H,2,4,6-8,10,12-14H2,1H3. The van der Waals surface area contributed by atoms with Crippen LogP contribution in [0.2, 0.25) is 0 Å². The zero-order valence-corrected chi connectivity index (χ0v) is 14.9. The monoisotopic (exact) mass is 338 g/mol. The van der Waals surface area contributed by atoms with Crippen molar-refractivity contribution in [3.63, 3.8) is 0 Å². The van der Waals surface area contributed by atoms with Gasteiger partial charge in [-0.25, -0.2) is 15.0 Å². The molecule has 5 nitrogen and oxygen atoms in total. The lowest BCUT2D eigenvalue weighted by Crippen LogP contribution is -2.31. The highest BCUT2D eigenvalue weighted by atomic mass is 16.5. The van der Waals surface area contributed by atoms with Crippen LogP contribution in [0.4, 0.5) is 0 Å². The average Bonchev–Trinajstić information content (AvgIpc) is 3.46. The predicted octanol–water partition coefficient (Wildman–Crippen LogP) is 3.17. The van der Waals surface area contributed by atoms with Gasteiger partial charge in [0.25, 0.3) is 0 Å². The van der Waals surface area contributed by atoms with Gasteiger partial charge in [0.05, 0.1) is 6.61 Å². The van der Waals surface area contributed by atoms with Gasteiger partial charge in [0.15, 0.2) is 0 Å². The van der Waals surface area contributed by atoms with Crippen LogP contribution in [0.15, 0.2) is 24.5 Å². The molecule has 2 aromatic heterocycles. The van der Waals surface area contributed by atoms with Crippen molar-refractivity contribution >= 4 is 0 Å². The Kier molecular flexibility index (Phi) is 4.92. The van der Waals surface area contributed by atoms with E-state index in [1.807, 2.05) is 18.5 Å². The van der Waals surface area contributed by atoms with Crippen LogP contribution in [0.5, 0.6) is 5.88 Å². The second-order valence-corrected chi connectivity index (χ2v) is 7.19. The normalized spacial score (nSPS) is 17.3. The Morgan fingerprint density at radius 1 is 1.28 bits per heavy atom. The first-order valence-corrected chi connectivity index (χ1v) is 9.44. The van der Waals surface area contributed by atoms with Crippen molar-refractivity contribution in [2.24, 2.45) is 5.92 Å². The van der Waals surface area contributed by atoms with Gasteiger partial charge in [-0.1, -0.05) is 13.0 Å². The van der Waals surface area contributed by atoms with E-state index in [0.717, 1.165) is 63.1 Å². The van der Waals surface area contributed by atoms with Crippen LogP contribution in [0.1, 0.15) is 48.8 Å². The summed E-state index contributed by atoms with van der Waals surface area (Å²) in [5.74, 6) is 2.53. The number of pyridine rings is 1. The van der Waals surface area contributed by atoms with Crippen LogP contribution >= 0.6 is 0 Å². The molecule has 5 heteroatoms. The van der Waals surface area contributed by atoms with Crippen LogP contribution in [0.3, 0.4) is 0 Å². The number of aryl methyl sites for hydroxylation is 1. The van der Waals surface area contributed by atoms with Crippen LogP contribution in [-0.4, -0.2) is 33.0 Å². The molecule has 2 aliphatic rings. The lowest BCUT2D eigenvalue weighted by Gasteiger charge is -2.28. The second-order valence-electron chi connectivity index (χ2n) is 7.19. The zero-order chi connectivity index (χ0) is 17.1. The molecule has 25 heavy (non-hydrogen) atoms. The first-order valence-electron chi connectivity index (χ1n) is 9.44. The maximum atomic E-state index is 5.95. The third-order valence-corrected chi connectivity index (χ3v) is 4.93. The molecule has 0 saturated heterocycles. The Bertz CT molecular complexity index is 729. The molecule has 2 aromatic rings. The minimum absolute atomic E-state index is 0.742. The summed E-state index contributed by atoms with van der Waals surface area (Å²) in [5, 5.41) is 0. The molecule has 0 aromatic carbocycles.